The summed E-state index contributed by atoms with van der Waals surface area (Å²) >= 11 is 6.82. The highest BCUT2D eigenvalue weighted by atomic mass is 79.9. The van der Waals surface area contributed by atoms with E-state index in [-0.39, 0.29) is 35.8 Å². The van der Waals surface area contributed by atoms with Crippen LogP contribution < -0.4 is 14.5 Å². The number of ether oxygens (including phenoxy) is 1. The van der Waals surface area contributed by atoms with E-state index in [1.807, 2.05) is 6.08 Å². The van der Waals surface area contributed by atoms with E-state index in [4.69, 9.17) is 4.74 Å². The van der Waals surface area contributed by atoms with Crippen LogP contribution in [0, 0.1) is 29.6 Å². The quantitative estimate of drug-likeness (QED) is 0.265. The normalized spacial score (nSPS) is 28.0. The number of fused-ring (bicyclic) bond motifs is 4. The summed E-state index contributed by atoms with van der Waals surface area (Å²) in [6, 6.07) is 18.8. The van der Waals surface area contributed by atoms with E-state index < -0.39 is 35.5 Å². The van der Waals surface area contributed by atoms with Crippen LogP contribution in [0.15, 0.2) is 87.3 Å². The van der Waals surface area contributed by atoms with E-state index in [1.54, 1.807) is 54.6 Å². The molecule has 1 N–H and O–H groups in total. The second-order valence-corrected chi connectivity index (χ2v) is 13.3. The largest absolute Gasteiger partial charge is 0.508 e. The molecule has 2 aliphatic heterocycles. The summed E-state index contributed by atoms with van der Waals surface area (Å²) < 4.78 is 7.32. The number of methoxy groups -OCH3 is 1. The number of carbonyl (C=O) groups is 4. The van der Waals surface area contributed by atoms with Crippen LogP contribution in [0.25, 0.3) is 0 Å². The van der Waals surface area contributed by atoms with Crippen LogP contribution >= 0.6 is 31.9 Å². The third-order valence-electron chi connectivity index (χ3n) is 9.37. The minimum Gasteiger partial charge on any atom is -0.508 e. The van der Waals surface area contributed by atoms with Crippen molar-refractivity contribution in [2.24, 2.45) is 29.6 Å². The molecule has 1 saturated carbocycles. The number of aromatic hydroxyl groups is 1. The molecule has 218 valence electrons. The molecule has 2 saturated heterocycles. The van der Waals surface area contributed by atoms with Crippen molar-refractivity contribution in [1.29, 1.82) is 0 Å². The van der Waals surface area contributed by atoms with Crippen LogP contribution in [-0.4, -0.2) is 35.8 Å². The Kier molecular flexibility index (Phi) is 6.81. The van der Waals surface area contributed by atoms with Crippen LogP contribution in [0.5, 0.6) is 11.5 Å². The van der Waals surface area contributed by atoms with Gasteiger partial charge in [-0.05, 0) is 73.4 Å². The minimum atomic E-state index is -0.733. The average molecular weight is 706 g/mol. The van der Waals surface area contributed by atoms with Crippen molar-refractivity contribution >= 4 is 66.9 Å². The molecular weight excluding hydrogens is 680 g/mol. The lowest BCUT2D eigenvalue weighted by atomic mass is 9.57. The van der Waals surface area contributed by atoms with E-state index in [2.05, 4.69) is 31.9 Å². The summed E-state index contributed by atoms with van der Waals surface area (Å²) in [4.78, 5) is 58.6. The summed E-state index contributed by atoms with van der Waals surface area (Å²) in [7, 11) is 1.49. The topological polar surface area (TPSA) is 104 Å². The van der Waals surface area contributed by atoms with Gasteiger partial charge in [-0.1, -0.05) is 49.6 Å². The highest BCUT2D eigenvalue weighted by molar-refractivity contribution is 9.10. The van der Waals surface area contributed by atoms with Crippen LogP contribution in [-0.2, 0) is 19.2 Å². The van der Waals surface area contributed by atoms with Gasteiger partial charge in [-0.25, -0.2) is 0 Å². The number of hydrogen-bond donors (Lipinski definition) is 1. The molecule has 8 nitrogen and oxygen atoms in total. The highest BCUT2D eigenvalue weighted by Gasteiger charge is 2.62. The molecule has 0 bridgehead atoms. The Morgan fingerprint density at radius 1 is 0.721 bits per heavy atom. The number of imide groups is 2. The molecule has 4 aliphatic rings. The standard InChI is InChI=1S/C33H26Br2N2O6/c1-43-26-14-20(38)10-11-22(26)27-21-12-13-23-28(32(41)36(30(23)39)18-6-2-16(34)3-7-18)24(21)15-25-29(27)33(42)37(31(25)40)19-8-4-17(35)5-9-19/h2-12,14,23-25,27-29,38H,13,15H2,1H3/t23-,24+,25+,27+,28-,29+/m0/s1. The number of phenols is 1. The Labute approximate surface area is 264 Å². The maximum atomic E-state index is 14.2. The second-order valence-electron chi connectivity index (χ2n) is 11.4. The van der Waals surface area contributed by atoms with Crippen molar-refractivity contribution in [2.45, 2.75) is 18.8 Å². The van der Waals surface area contributed by atoms with Crippen molar-refractivity contribution in [3.05, 3.63) is 92.9 Å². The molecule has 0 unspecified atom stereocenters. The number of rotatable bonds is 4. The number of allylic oxidation sites excluding steroid dienone is 2. The van der Waals surface area contributed by atoms with Gasteiger partial charge in [0, 0.05) is 26.5 Å². The first-order valence-electron chi connectivity index (χ1n) is 14.0. The number of hydrogen-bond acceptors (Lipinski definition) is 6. The number of benzene rings is 3. The maximum Gasteiger partial charge on any atom is 0.238 e. The van der Waals surface area contributed by atoms with Gasteiger partial charge < -0.3 is 9.84 Å². The lowest BCUT2D eigenvalue weighted by Gasteiger charge is -2.44. The third kappa shape index (κ3) is 4.29. The highest BCUT2D eigenvalue weighted by Crippen LogP contribution is 2.59. The Balaban J connectivity index is 1.35. The Morgan fingerprint density at radius 3 is 1.86 bits per heavy atom. The lowest BCUT2D eigenvalue weighted by molar-refractivity contribution is -0.126. The predicted octanol–water partition coefficient (Wildman–Crippen LogP) is 5.97. The molecule has 10 heteroatoms. The van der Waals surface area contributed by atoms with Crippen molar-refractivity contribution in [3.63, 3.8) is 0 Å². The fourth-order valence-electron chi connectivity index (χ4n) is 7.58. The van der Waals surface area contributed by atoms with E-state index in [0.717, 1.165) is 14.5 Å². The smallest absolute Gasteiger partial charge is 0.238 e. The summed E-state index contributed by atoms with van der Waals surface area (Å²) in [6.45, 7) is 0. The van der Waals surface area contributed by atoms with Crippen LogP contribution in [0.4, 0.5) is 11.4 Å². The van der Waals surface area contributed by atoms with E-state index in [0.29, 0.717) is 29.1 Å². The number of phenolic OH excluding ortho intramolecular Hbond substituents is 1. The summed E-state index contributed by atoms with van der Waals surface area (Å²) in [5, 5.41) is 10.2. The molecule has 2 heterocycles. The zero-order valence-electron chi connectivity index (χ0n) is 22.9. The van der Waals surface area contributed by atoms with Gasteiger partial charge in [0.2, 0.25) is 23.6 Å². The molecule has 0 spiro atoms. The lowest BCUT2D eigenvalue weighted by Crippen LogP contribution is -2.43. The van der Waals surface area contributed by atoms with Gasteiger partial charge in [0.05, 0.1) is 42.2 Å². The summed E-state index contributed by atoms with van der Waals surface area (Å²) in [5.41, 5.74) is 2.51. The molecule has 7 rings (SSSR count). The zero-order valence-corrected chi connectivity index (χ0v) is 26.1. The summed E-state index contributed by atoms with van der Waals surface area (Å²) in [5.74, 6) is -4.44. The summed E-state index contributed by atoms with van der Waals surface area (Å²) in [6.07, 6.45) is 2.62. The van der Waals surface area contributed by atoms with Crippen molar-refractivity contribution in [3.8, 4) is 11.5 Å². The van der Waals surface area contributed by atoms with Gasteiger partial charge >= 0.3 is 0 Å². The van der Waals surface area contributed by atoms with Crippen molar-refractivity contribution in [2.75, 3.05) is 16.9 Å². The SMILES string of the molecule is COc1cc(O)ccc1[C@H]1C2=CC[C@@H]3C(=O)N(c4ccc(Br)cc4)C(=O)[C@@H]3[C@@H]2C[C@H]2C(=O)N(c3ccc(Br)cc3)C(=O)[C@@H]12. The van der Waals surface area contributed by atoms with Crippen LogP contribution in [0.1, 0.15) is 24.3 Å². The molecule has 2 aliphatic carbocycles. The van der Waals surface area contributed by atoms with E-state index in [1.165, 1.54) is 29.0 Å². The molecule has 0 radical (unpaired) electrons. The molecule has 3 aromatic carbocycles. The maximum absolute atomic E-state index is 14.2. The van der Waals surface area contributed by atoms with Crippen LogP contribution in [0.2, 0.25) is 0 Å². The zero-order chi connectivity index (χ0) is 30.2. The molecular formula is C33H26Br2N2O6. The predicted molar refractivity (Wildman–Crippen MR) is 165 cm³/mol. The fraction of sp³-hybridized carbons (Fsp3) is 0.273. The molecule has 43 heavy (non-hydrogen) atoms. The second kappa shape index (κ2) is 10.4. The number of amides is 4. The first-order chi connectivity index (χ1) is 20.7. The van der Waals surface area contributed by atoms with Crippen molar-refractivity contribution in [1.82, 2.24) is 0 Å². The van der Waals surface area contributed by atoms with Crippen molar-refractivity contribution < 1.29 is 29.0 Å². The average Bonchev–Trinajstić information content (AvgIpc) is 3.41. The van der Waals surface area contributed by atoms with Crippen LogP contribution in [0.3, 0.4) is 0 Å². The first-order valence-corrected chi connectivity index (χ1v) is 15.6. The first kappa shape index (κ1) is 28.0. The number of halogens is 2. The number of anilines is 2. The molecule has 3 aromatic rings. The fourth-order valence-corrected chi connectivity index (χ4v) is 8.11. The number of carbonyl (C=O) groups excluding carboxylic acids is 4. The van der Waals surface area contributed by atoms with E-state index >= 15 is 0 Å². The van der Waals surface area contributed by atoms with Gasteiger partial charge in [-0.3, -0.25) is 29.0 Å². The molecule has 4 amide bonds. The Hall–Kier alpha value is -3.76. The number of nitrogens with zero attached hydrogens (tertiary/aromatic N) is 2. The van der Waals surface area contributed by atoms with Gasteiger partial charge in [0.1, 0.15) is 11.5 Å². The van der Waals surface area contributed by atoms with Gasteiger partial charge in [-0.2, -0.15) is 0 Å². The van der Waals surface area contributed by atoms with Gasteiger partial charge in [0.25, 0.3) is 0 Å². The Morgan fingerprint density at radius 2 is 1.28 bits per heavy atom. The van der Waals surface area contributed by atoms with Gasteiger partial charge in [-0.15, -0.1) is 0 Å². The third-order valence-corrected chi connectivity index (χ3v) is 10.4. The Bertz CT molecular complexity index is 1720. The van der Waals surface area contributed by atoms with Gasteiger partial charge in [0.15, 0.2) is 0 Å². The van der Waals surface area contributed by atoms with E-state index in [9.17, 15) is 24.3 Å². The molecule has 0 aromatic heterocycles. The molecule has 6 atom stereocenters. The monoisotopic (exact) mass is 704 g/mol. The minimum absolute atomic E-state index is 0.00854. The molecule has 3 fully saturated rings.